The van der Waals surface area contributed by atoms with E-state index in [9.17, 15) is 0 Å². The Hall–Kier alpha value is -1.32. The van der Waals surface area contributed by atoms with Gasteiger partial charge in [0.1, 0.15) is 0 Å². The number of aryl methyl sites for hydroxylation is 1. The van der Waals surface area contributed by atoms with E-state index in [0.29, 0.717) is 0 Å². The SMILES string of the molecule is Cc1cc(N(C)Cc2cccc(Br)c2)ccc1CC(C)N. The van der Waals surface area contributed by atoms with Crippen molar-refractivity contribution in [3.8, 4) is 0 Å². The summed E-state index contributed by atoms with van der Waals surface area (Å²) in [5, 5.41) is 0. The van der Waals surface area contributed by atoms with Gasteiger partial charge in [0.2, 0.25) is 0 Å². The van der Waals surface area contributed by atoms with Crippen LogP contribution in [0.25, 0.3) is 0 Å². The second-order valence-corrected chi connectivity index (χ2v) is 6.69. The van der Waals surface area contributed by atoms with Gasteiger partial charge in [-0.15, -0.1) is 0 Å². The van der Waals surface area contributed by atoms with Crippen LogP contribution >= 0.6 is 15.9 Å². The van der Waals surface area contributed by atoms with Crippen molar-refractivity contribution in [2.75, 3.05) is 11.9 Å². The van der Waals surface area contributed by atoms with Gasteiger partial charge >= 0.3 is 0 Å². The van der Waals surface area contributed by atoms with E-state index < -0.39 is 0 Å². The molecule has 0 amide bonds. The topological polar surface area (TPSA) is 29.3 Å². The molecule has 0 bridgehead atoms. The number of rotatable bonds is 5. The Morgan fingerprint density at radius 2 is 1.95 bits per heavy atom. The average Bonchev–Trinajstić information content (AvgIpc) is 2.40. The Kier molecular flexibility index (Phi) is 5.43. The van der Waals surface area contributed by atoms with E-state index in [4.69, 9.17) is 5.73 Å². The zero-order chi connectivity index (χ0) is 15.4. The zero-order valence-electron chi connectivity index (χ0n) is 12.9. The minimum atomic E-state index is 0.203. The maximum Gasteiger partial charge on any atom is 0.0426 e. The standard InChI is InChI=1S/C18H23BrN2/c1-13-9-18(8-7-16(13)10-14(2)20)21(3)12-15-5-4-6-17(19)11-15/h4-9,11,14H,10,12,20H2,1-3H3. The number of benzene rings is 2. The van der Waals surface area contributed by atoms with Gasteiger partial charge in [0.25, 0.3) is 0 Å². The molecule has 2 aromatic carbocycles. The van der Waals surface area contributed by atoms with Gasteiger partial charge in [-0.3, -0.25) is 0 Å². The second-order valence-electron chi connectivity index (χ2n) is 5.78. The molecule has 0 aromatic heterocycles. The van der Waals surface area contributed by atoms with Crippen LogP contribution in [0.1, 0.15) is 23.6 Å². The molecule has 0 saturated heterocycles. The highest BCUT2D eigenvalue weighted by Gasteiger charge is 2.07. The number of nitrogens with two attached hydrogens (primary N) is 1. The molecule has 2 rings (SSSR count). The molecule has 2 aromatic rings. The summed E-state index contributed by atoms with van der Waals surface area (Å²) in [4.78, 5) is 2.27. The zero-order valence-corrected chi connectivity index (χ0v) is 14.5. The summed E-state index contributed by atoms with van der Waals surface area (Å²) < 4.78 is 1.12. The van der Waals surface area contributed by atoms with Gasteiger partial charge in [0.05, 0.1) is 0 Å². The molecule has 0 saturated carbocycles. The van der Waals surface area contributed by atoms with Crippen molar-refractivity contribution in [3.63, 3.8) is 0 Å². The van der Waals surface area contributed by atoms with Crippen molar-refractivity contribution < 1.29 is 0 Å². The fraction of sp³-hybridized carbons (Fsp3) is 0.333. The lowest BCUT2D eigenvalue weighted by Crippen LogP contribution is -2.19. The fourth-order valence-corrected chi connectivity index (χ4v) is 2.94. The Labute approximate surface area is 136 Å². The van der Waals surface area contributed by atoms with E-state index in [0.717, 1.165) is 17.4 Å². The Bertz CT molecular complexity index is 608. The summed E-state index contributed by atoms with van der Waals surface area (Å²) >= 11 is 3.52. The predicted molar refractivity (Wildman–Crippen MR) is 94.8 cm³/mol. The summed E-state index contributed by atoms with van der Waals surface area (Å²) in [6, 6.07) is 15.3. The highest BCUT2D eigenvalue weighted by molar-refractivity contribution is 9.10. The molecule has 0 fully saturated rings. The van der Waals surface area contributed by atoms with E-state index >= 15 is 0 Å². The van der Waals surface area contributed by atoms with Crippen molar-refractivity contribution in [1.82, 2.24) is 0 Å². The minimum Gasteiger partial charge on any atom is -0.370 e. The molecule has 1 atom stereocenters. The maximum atomic E-state index is 5.89. The molecule has 0 aliphatic carbocycles. The van der Waals surface area contributed by atoms with E-state index in [-0.39, 0.29) is 6.04 Å². The smallest absolute Gasteiger partial charge is 0.0426 e. The van der Waals surface area contributed by atoms with E-state index in [1.807, 2.05) is 6.92 Å². The molecule has 2 nitrogen and oxygen atoms in total. The normalized spacial score (nSPS) is 12.2. The number of anilines is 1. The van der Waals surface area contributed by atoms with Crippen LogP contribution < -0.4 is 10.6 Å². The molecule has 0 aliphatic rings. The summed E-state index contributed by atoms with van der Waals surface area (Å²) in [7, 11) is 2.13. The summed E-state index contributed by atoms with van der Waals surface area (Å²) in [5.74, 6) is 0. The molecule has 112 valence electrons. The highest BCUT2D eigenvalue weighted by atomic mass is 79.9. The Morgan fingerprint density at radius 1 is 1.19 bits per heavy atom. The maximum absolute atomic E-state index is 5.89. The molecule has 0 spiro atoms. The lowest BCUT2D eigenvalue weighted by molar-refractivity contribution is 0.734. The molecule has 0 radical (unpaired) electrons. The van der Waals surface area contributed by atoms with Crippen LogP contribution in [0.3, 0.4) is 0 Å². The lowest BCUT2D eigenvalue weighted by Gasteiger charge is -2.21. The van der Waals surface area contributed by atoms with E-state index in [2.05, 4.69) is 77.3 Å². The summed E-state index contributed by atoms with van der Waals surface area (Å²) in [5.41, 5.74) is 11.1. The van der Waals surface area contributed by atoms with Crippen LogP contribution in [0.5, 0.6) is 0 Å². The molecule has 0 aliphatic heterocycles. The molecule has 3 heteroatoms. The average molecular weight is 347 g/mol. The third-order valence-electron chi connectivity index (χ3n) is 3.62. The predicted octanol–water partition coefficient (Wildman–Crippen LogP) is 4.28. The molecule has 0 heterocycles. The van der Waals surface area contributed by atoms with Crippen molar-refractivity contribution in [2.45, 2.75) is 32.9 Å². The van der Waals surface area contributed by atoms with Crippen LogP contribution in [0.2, 0.25) is 0 Å². The van der Waals surface area contributed by atoms with Crippen LogP contribution in [0.4, 0.5) is 5.69 Å². The van der Waals surface area contributed by atoms with Gasteiger partial charge in [-0.05, 0) is 61.2 Å². The molecule has 21 heavy (non-hydrogen) atoms. The first-order valence-electron chi connectivity index (χ1n) is 7.26. The van der Waals surface area contributed by atoms with Gasteiger partial charge in [0.15, 0.2) is 0 Å². The van der Waals surface area contributed by atoms with Crippen molar-refractivity contribution in [2.24, 2.45) is 5.73 Å². The lowest BCUT2D eigenvalue weighted by atomic mass is 10.0. The van der Waals surface area contributed by atoms with E-state index in [1.54, 1.807) is 0 Å². The summed E-state index contributed by atoms with van der Waals surface area (Å²) in [6.45, 7) is 5.10. The van der Waals surface area contributed by atoms with Crippen LogP contribution in [0.15, 0.2) is 46.9 Å². The number of hydrogen-bond acceptors (Lipinski definition) is 2. The van der Waals surface area contributed by atoms with Crippen LogP contribution in [-0.4, -0.2) is 13.1 Å². The van der Waals surface area contributed by atoms with Crippen molar-refractivity contribution in [1.29, 1.82) is 0 Å². The first-order valence-corrected chi connectivity index (χ1v) is 8.05. The number of halogens is 1. The molecule has 2 N–H and O–H groups in total. The molecular weight excluding hydrogens is 324 g/mol. The third kappa shape index (κ3) is 4.58. The molecular formula is C18H23BrN2. The fourth-order valence-electron chi connectivity index (χ4n) is 2.49. The largest absolute Gasteiger partial charge is 0.370 e. The van der Waals surface area contributed by atoms with Gasteiger partial charge in [-0.25, -0.2) is 0 Å². The second kappa shape index (κ2) is 7.10. The van der Waals surface area contributed by atoms with Gasteiger partial charge in [-0.2, -0.15) is 0 Å². The number of nitrogens with zero attached hydrogens (tertiary/aromatic N) is 1. The van der Waals surface area contributed by atoms with Crippen molar-refractivity contribution >= 4 is 21.6 Å². The highest BCUT2D eigenvalue weighted by Crippen LogP contribution is 2.21. The Morgan fingerprint density at radius 3 is 2.57 bits per heavy atom. The number of hydrogen-bond donors (Lipinski definition) is 1. The summed E-state index contributed by atoms with van der Waals surface area (Å²) in [6.07, 6.45) is 0.932. The molecule has 1 unspecified atom stereocenters. The van der Waals surface area contributed by atoms with Gasteiger partial charge in [-0.1, -0.05) is 34.1 Å². The third-order valence-corrected chi connectivity index (χ3v) is 4.11. The van der Waals surface area contributed by atoms with Crippen LogP contribution in [-0.2, 0) is 13.0 Å². The van der Waals surface area contributed by atoms with Crippen LogP contribution in [0, 0.1) is 6.92 Å². The first-order chi connectivity index (χ1) is 9.95. The first kappa shape index (κ1) is 16.1. The minimum absolute atomic E-state index is 0.203. The van der Waals surface area contributed by atoms with Crippen molar-refractivity contribution in [3.05, 3.63) is 63.6 Å². The van der Waals surface area contributed by atoms with E-state index in [1.165, 1.54) is 22.4 Å². The Balaban J connectivity index is 2.12. The van der Waals surface area contributed by atoms with Gasteiger partial charge in [0, 0.05) is 29.8 Å². The quantitative estimate of drug-likeness (QED) is 0.875. The van der Waals surface area contributed by atoms with Gasteiger partial charge < -0.3 is 10.6 Å². The monoisotopic (exact) mass is 346 g/mol.